The zero-order chi connectivity index (χ0) is 15.4. The largest absolute Gasteiger partial charge is 0.381 e. The van der Waals surface area contributed by atoms with E-state index in [1.54, 1.807) is 0 Å². The smallest absolute Gasteiger partial charge is 0.0605 e. The highest BCUT2D eigenvalue weighted by Crippen LogP contribution is 2.27. The number of hydrogen-bond donors (Lipinski definition) is 1. The van der Waals surface area contributed by atoms with Crippen LogP contribution < -0.4 is 10.2 Å². The van der Waals surface area contributed by atoms with Crippen LogP contribution in [-0.4, -0.2) is 57.4 Å². The molecule has 0 unspecified atom stereocenters. The van der Waals surface area contributed by atoms with E-state index in [4.69, 9.17) is 4.74 Å². The molecular formula is C18H29N3O. The van der Waals surface area contributed by atoms with Gasteiger partial charge in [-0.3, -0.25) is 4.90 Å². The van der Waals surface area contributed by atoms with E-state index in [-0.39, 0.29) is 0 Å². The average Bonchev–Trinajstić information content (AvgIpc) is 2.57. The van der Waals surface area contributed by atoms with Crippen molar-refractivity contribution in [1.82, 2.24) is 10.2 Å². The maximum atomic E-state index is 5.51. The molecule has 0 bridgehead atoms. The van der Waals surface area contributed by atoms with E-state index in [9.17, 15) is 0 Å². The average molecular weight is 303 g/mol. The van der Waals surface area contributed by atoms with Crippen molar-refractivity contribution in [2.75, 3.05) is 51.3 Å². The summed E-state index contributed by atoms with van der Waals surface area (Å²) in [6, 6.07) is 6.95. The number of methoxy groups -OCH3 is 1. The van der Waals surface area contributed by atoms with Crippen LogP contribution in [0.1, 0.15) is 24.0 Å². The number of piperidine rings is 1. The van der Waals surface area contributed by atoms with Gasteiger partial charge in [-0.05, 0) is 37.0 Å². The Morgan fingerprint density at radius 3 is 2.55 bits per heavy atom. The molecule has 0 radical (unpaired) electrons. The second-order valence-electron chi connectivity index (χ2n) is 6.58. The van der Waals surface area contributed by atoms with Gasteiger partial charge < -0.3 is 15.0 Å². The summed E-state index contributed by atoms with van der Waals surface area (Å²) in [5.41, 5.74) is 4.27. The van der Waals surface area contributed by atoms with Crippen LogP contribution in [0, 0.1) is 6.92 Å². The lowest BCUT2D eigenvalue weighted by Gasteiger charge is -2.35. The van der Waals surface area contributed by atoms with Crippen molar-refractivity contribution in [3.63, 3.8) is 0 Å². The molecule has 2 aliphatic rings. The molecule has 2 fully saturated rings. The van der Waals surface area contributed by atoms with E-state index >= 15 is 0 Å². The Morgan fingerprint density at radius 1 is 1.14 bits per heavy atom. The SMILES string of the molecule is COC1CCN(c2cc(C)ccc2CN2CCNCC2)CC1. The lowest BCUT2D eigenvalue weighted by atomic mass is 10.0. The zero-order valence-electron chi connectivity index (χ0n) is 14.0. The molecule has 2 heterocycles. The highest BCUT2D eigenvalue weighted by atomic mass is 16.5. The van der Waals surface area contributed by atoms with Crippen LogP contribution in [0.15, 0.2) is 18.2 Å². The minimum atomic E-state index is 0.442. The summed E-state index contributed by atoms with van der Waals surface area (Å²) in [7, 11) is 1.84. The molecule has 22 heavy (non-hydrogen) atoms. The highest BCUT2D eigenvalue weighted by Gasteiger charge is 2.21. The summed E-state index contributed by atoms with van der Waals surface area (Å²) in [6.45, 7) is 10.0. The molecule has 1 aromatic carbocycles. The van der Waals surface area contributed by atoms with Gasteiger partial charge in [0.15, 0.2) is 0 Å². The first-order valence-electron chi connectivity index (χ1n) is 8.56. The first-order chi connectivity index (χ1) is 10.8. The van der Waals surface area contributed by atoms with E-state index < -0.39 is 0 Å². The van der Waals surface area contributed by atoms with Crippen molar-refractivity contribution in [2.45, 2.75) is 32.4 Å². The molecule has 2 saturated heterocycles. The molecule has 122 valence electrons. The fraction of sp³-hybridized carbons (Fsp3) is 0.667. The van der Waals surface area contributed by atoms with Crippen molar-refractivity contribution in [3.8, 4) is 0 Å². The Morgan fingerprint density at radius 2 is 1.86 bits per heavy atom. The normalized spacial score (nSPS) is 21.3. The summed E-state index contributed by atoms with van der Waals surface area (Å²) in [5, 5.41) is 3.43. The van der Waals surface area contributed by atoms with Gasteiger partial charge in [-0.25, -0.2) is 0 Å². The number of anilines is 1. The molecular weight excluding hydrogens is 274 g/mol. The Labute approximate surface area is 134 Å². The number of ether oxygens (including phenoxy) is 1. The van der Waals surface area contributed by atoms with Gasteiger partial charge in [0, 0.05) is 58.6 Å². The maximum Gasteiger partial charge on any atom is 0.0605 e. The van der Waals surface area contributed by atoms with Crippen molar-refractivity contribution < 1.29 is 4.74 Å². The van der Waals surface area contributed by atoms with Crippen LogP contribution in [0.2, 0.25) is 0 Å². The van der Waals surface area contributed by atoms with Crippen LogP contribution in [0.3, 0.4) is 0 Å². The number of hydrogen-bond acceptors (Lipinski definition) is 4. The lowest BCUT2D eigenvalue weighted by molar-refractivity contribution is 0.0818. The predicted octanol–water partition coefficient (Wildman–Crippen LogP) is 2.02. The molecule has 0 atom stereocenters. The quantitative estimate of drug-likeness (QED) is 0.921. The van der Waals surface area contributed by atoms with Crippen molar-refractivity contribution in [2.24, 2.45) is 0 Å². The van der Waals surface area contributed by atoms with Gasteiger partial charge >= 0.3 is 0 Å². The third-order valence-corrected chi connectivity index (χ3v) is 4.96. The molecule has 0 saturated carbocycles. The Balaban J connectivity index is 1.73. The second-order valence-corrected chi connectivity index (χ2v) is 6.58. The summed E-state index contributed by atoms with van der Waals surface area (Å²) in [5.74, 6) is 0. The van der Waals surface area contributed by atoms with Gasteiger partial charge in [-0.2, -0.15) is 0 Å². The van der Waals surface area contributed by atoms with Crippen molar-refractivity contribution in [1.29, 1.82) is 0 Å². The van der Waals surface area contributed by atoms with Crippen LogP contribution in [-0.2, 0) is 11.3 Å². The number of benzene rings is 1. The summed E-state index contributed by atoms with van der Waals surface area (Å²) >= 11 is 0. The number of aryl methyl sites for hydroxylation is 1. The first-order valence-corrected chi connectivity index (χ1v) is 8.56. The summed E-state index contributed by atoms with van der Waals surface area (Å²) in [4.78, 5) is 5.12. The van der Waals surface area contributed by atoms with E-state index in [1.165, 1.54) is 16.8 Å². The van der Waals surface area contributed by atoms with Gasteiger partial charge in [0.2, 0.25) is 0 Å². The first kappa shape index (κ1) is 15.8. The van der Waals surface area contributed by atoms with Gasteiger partial charge in [-0.1, -0.05) is 12.1 Å². The van der Waals surface area contributed by atoms with Crippen LogP contribution in [0.5, 0.6) is 0 Å². The lowest BCUT2D eigenvalue weighted by Crippen LogP contribution is -2.43. The maximum absolute atomic E-state index is 5.51. The molecule has 0 aliphatic carbocycles. The van der Waals surface area contributed by atoms with Crippen molar-refractivity contribution >= 4 is 5.69 Å². The molecule has 0 aromatic heterocycles. The van der Waals surface area contributed by atoms with E-state index in [2.05, 4.69) is 40.2 Å². The van der Waals surface area contributed by atoms with Crippen LogP contribution in [0.4, 0.5) is 5.69 Å². The van der Waals surface area contributed by atoms with E-state index in [0.717, 1.165) is 58.7 Å². The molecule has 4 nitrogen and oxygen atoms in total. The molecule has 0 amide bonds. The van der Waals surface area contributed by atoms with Crippen LogP contribution >= 0.6 is 0 Å². The van der Waals surface area contributed by atoms with E-state index in [0.29, 0.717) is 6.10 Å². The Kier molecular flexibility index (Phi) is 5.34. The summed E-state index contributed by atoms with van der Waals surface area (Å²) < 4.78 is 5.51. The Bertz CT molecular complexity index is 477. The topological polar surface area (TPSA) is 27.7 Å². The fourth-order valence-corrected chi connectivity index (χ4v) is 3.54. The molecule has 0 spiro atoms. The molecule has 2 aliphatic heterocycles. The number of piperazine rings is 1. The summed E-state index contributed by atoms with van der Waals surface area (Å²) in [6.07, 6.45) is 2.72. The number of rotatable bonds is 4. The van der Waals surface area contributed by atoms with Gasteiger partial charge in [0.25, 0.3) is 0 Å². The zero-order valence-corrected chi connectivity index (χ0v) is 14.0. The minimum Gasteiger partial charge on any atom is -0.381 e. The fourth-order valence-electron chi connectivity index (χ4n) is 3.54. The van der Waals surface area contributed by atoms with Crippen LogP contribution in [0.25, 0.3) is 0 Å². The number of nitrogens with zero attached hydrogens (tertiary/aromatic N) is 2. The second kappa shape index (κ2) is 7.44. The molecule has 1 N–H and O–H groups in total. The predicted molar refractivity (Wildman–Crippen MR) is 91.6 cm³/mol. The third kappa shape index (κ3) is 3.80. The molecule has 1 aromatic rings. The third-order valence-electron chi connectivity index (χ3n) is 4.96. The monoisotopic (exact) mass is 303 g/mol. The van der Waals surface area contributed by atoms with Gasteiger partial charge in [0.05, 0.1) is 6.10 Å². The van der Waals surface area contributed by atoms with Gasteiger partial charge in [0.1, 0.15) is 0 Å². The number of nitrogens with one attached hydrogen (secondary N) is 1. The van der Waals surface area contributed by atoms with Crippen molar-refractivity contribution in [3.05, 3.63) is 29.3 Å². The minimum absolute atomic E-state index is 0.442. The Hall–Kier alpha value is -1.10. The molecule has 4 heteroatoms. The van der Waals surface area contributed by atoms with Gasteiger partial charge in [-0.15, -0.1) is 0 Å². The highest BCUT2D eigenvalue weighted by molar-refractivity contribution is 5.56. The standard InChI is InChI=1S/C18H29N3O/c1-15-3-4-16(14-20-11-7-19-8-12-20)18(13-15)21-9-5-17(22-2)6-10-21/h3-4,13,17,19H,5-12,14H2,1-2H3. The van der Waals surface area contributed by atoms with E-state index in [1.807, 2.05) is 7.11 Å². The molecule has 3 rings (SSSR count).